The molecule has 0 spiro atoms. The average molecular weight is 139 g/mol. The van der Waals surface area contributed by atoms with Gasteiger partial charge >= 0.3 is 0 Å². The van der Waals surface area contributed by atoms with Crippen LogP contribution in [0.25, 0.3) is 0 Å². The van der Waals surface area contributed by atoms with Gasteiger partial charge in [-0.25, -0.2) is 0 Å². The lowest BCUT2D eigenvalue weighted by Crippen LogP contribution is -1.76. The third kappa shape index (κ3) is 6.32. The van der Waals surface area contributed by atoms with E-state index in [9.17, 15) is 0 Å². The summed E-state index contributed by atoms with van der Waals surface area (Å²) in [5.41, 5.74) is 1.15. The predicted molar refractivity (Wildman–Crippen MR) is 34.9 cm³/mol. The number of alkyl halides is 2. The van der Waals surface area contributed by atoms with Gasteiger partial charge < -0.3 is 0 Å². The van der Waals surface area contributed by atoms with Crippen molar-refractivity contribution in [2.45, 2.75) is 18.7 Å². The molecule has 0 aromatic heterocycles. The van der Waals surface area contributed by atoms with Crippen LogP contribution in [0.3, 0.4) is 0 Å². The molecule has 0 aliphatic heterocycles. The molecule has 0 aliphatic rings. The molecule has 0 amide bonds. The number of allylic oxidation sites excluding steroid dienone is 2. The molecule has 0 aromatic carbocycles. The first-order valence-corrected chi connectivity index (χ1v) is 2.93. The van der Waals surface area contributed by atoms with Gasteiger partial charge in [0.2, 0.25) is 0 Å². The van der Waals surface area contributed by atoms with E-state index in [4.69, 9.17) is 23.2 Å². The maximum atomic E-state index is 5.36. The fourth-order valence-electron chi connectivity index (χ4n) is 0.252. The molecular weight excluding hydrogens is 131 g/mol. The lowest BCUT2D eigenvalue weighted by atomic mass is 10.3. The molecule has 0 saturated heterocycles. The van der Waals surface area contributed by atoms with Gasteiger partial charge in [0.05, 0.1) is 0 Å². The second-order valence-electron chi connectivity index (χ2n) is 1.58. The van der Waals surface area contributed by atoms with Crippen molar-refractivity contribution in [2.24, 2.45) is 0 Å². The van der Waals surface area contributed by atoms with Crippen molar-refractivity contribution in [1.82, 2.24) is 0 Å². The van der Waals surface area contributed by atoms with Crippen LogP contribution in [0.4, 0.5) is 0 Å². The number of halogens is 2. The molecule has 7 heavy (non-hydrogen) atoms. The van der Waals surface area contributed by atoms with Crippen molar-refractivity contribution in [3.63, 3.8) is 0 Å². The molecule has 0 radical (unpaired) electrons. The third-order valence-corrected chi connectivity index (χ3v) is 0.711. The zero-order valence-electron chi connectivity index (χ0n) is 4.41. The molecule has 0 unspecified atom stereocenters. The first-order valence-electron chi connectivity index (χ1n) is 2.06. The van der Waals surface area contributed by atoms with Crippen LogP contribution in [0.2, 0.25) is 0 Å². The Morgan fingerprint density at radius 1 is 1.43 bits per heavy atom. The van der Waals surface area contributed by atoms with Gasteiger partial charge in [0.1, 0.15) is 4.84 Å². The zero-order chi connectivity index (χ0) is 5.86. The van der Waals surface area contributed by atoms with Crippen LogP contribution in [-0.4, -0.2) is 4.84 Å². The van der Waals surface area contributed by atoms with Crippen LogP contribution < -0.4 is 0 Å². The van der Waals surface area contributed by atoms with Gasteiger partial charge in [-0.3, -0.25) is 0 Å². The van der Waals surface area contributed by atoms with Crippen LogP contribution in [-0.2, 0) is 0 Å². The van der Waals surface area contributed by atoms with Gasteiger partial charge in [0.25, 0.3) is 0 Å². The van der Waals surface area contributed by atoms with E-state index in [1.54, 1.807) is 6.08 Å². The van der Waals surface area contributed by atoms with E-state index in [1.807, 2.05) is 13.8 Å². The molecule has 0 fully saturated rings. The predicted octanol–water partition coefficient (Wildman–Crippen LogP) is 2.76. The fraction of sp³-hybridized carbons (Fsp3) is 0.600. The Kier molecular flexibility index (Phi) is 3.49. The van der Waals surface area contributed by atoms with Crippen LogP contribution in [0.5, 0.6) is 0 Å². The molecule has 42 valence electrons. The van der Waals surface area contributed by atoms with Crippen molar-refractivity contribution in [1.29, 1.82) is 0 Å². The largest absolute Gasteiger partial charge is 0.126 e. The number of hydrogen-bond donors (Lipinski definition) is 0. The van der Waals surface area contributed by atoms with E-state index < -0.39 is 0 Å². The standard InChI is InChI=1S/C5H8Cl2/c1-4(2)3-5(6)7/h3,5H,1-2H3. The molecule has 0 nitrogen and oxygen atoms in total. The van der Waals surface area contributed by atoms with E-state index in [2.05, 4.69) is 0 Å². The highest BCUT2D eigenvalue weighted by molar-refractivity contribution is 6.45. The van der Waals surface area contributed by atoms with E-state index >= 15 is 0 Å². The van der Waals surface area contributed by atoms with E-state index in [0.29, 0.717) is 0 Å². The zero-order valence-corrected chi connectivity index (χ0v) is 5.92. The summed E-state index contributed by atoms with van der Waals surface area (Å²) in [7, 11) is 0. The topological polar surface area (TPSA) is 0 Å². The van der Waals surface area contributed by atoms with Crippen LogP contribution in [0, 0.1) is 0 Å². The molecule has 0 bridgehead atoms. The summed E-state index contributed by atoms with van der Waals surface area (Å²) in [6.07, 6.45) is 1.78. The van der Waals surface area contributed by atoms with Crippen molar-refractivity contribution in [2.75, 3.05) is 0 Å². The normalized spacial score (nSPS) is 9.29. The second-order valence-corrected chi connectivity index (χ2v) is 2.74. The summed E-state index contributed by atoms with van der Waals surface area (Å²) in [6.45, 7) is 3.91. The summed E-state index contributed by atoms with van der Waals surface area (Å²) in [6, 6.07) is 0. The van der Waals surface area contributed by atoms with Crippen LogP contribution >= 0.6 is 23.2 Å². The Labute approximate surface area is 54.1 Å². The maximum Gasteiger partial charge on any atom is 0.126 e. The van der Waals surface area contributed by atoms with E-state index in [-0.39, 0.29) is 4.84 Å². The van der Waals surface area contributed by atoms with Gasteiger partial charge in [-0.05, 0) is 13.8 Å². The van der Waals surface area contributed by atoms with E-state index in [1.165, 1.54) is 0 Å². The first kappa shape index (κ1) is 7.32. The quantitative estimate of drug-likeness (QED) is 0.387. The van der Waals surface area contributed by atoms with Crippen molar-refractivity contribution >= 4 is 23.2 Å². The molecule has 0 aliphatic carbocycles. The summed E-state index contributed by atoms with van der Waals surface area (Å²) in [5.74, 6) is 0. The minimum absolute atomic E-state index is 0.343. The molecule has 2 heteroatoms. The molecule has 0 N–H and O–H groups in total. The highest BCUT2D eigenvalue weighted by Crippen LogP contribution is 2.05. The molecular formula is C5H8Cl2. The highest BCUT2D eigenvalue weighted by Gasteiger charge is 1.87. The Hall–Kier alpha value is 0.320. The SMILES string of the molecule is CC(C)=CC(Cl)Cl. The summed E-state index contributed by atoms with van der Waals surface area (Å²) >= 11 is 10.7. The minimum Gasteiger partial charge on any atom is -0.101 e. The fourth-order valence-corrected chi connectivity index (χ4v) is 0.756. The summed E-state index contributed by atoms with van der Waals surface area (Å²) in [4.78, 5) is -0.343. The highest BCUT2D eigenvalue weighted by atomic mass is 35.5. The number of rotatable bonds is 1. The van der Waals surface area contributed by atoms with Gasteiger partial charge in [-0.1, -0.05) is 11.6 Å². The smallest absolute Gasteiger partial charge is 0.101 e. The maximum absolute atomic E-state index is 5.36. The Morgan fingerprint density at radius 2 is 1.86 bits per heavy atom. The van der Waals surface area contributed by atoms with Gasteiger partial charge in [-0.2, -0.15) is 0 Å². The van der Waals surface area contributed by atoms with Gasteiger partial charge in [-0.15, -0.1) is 23.2 Å². The molecule has 0 heterocycles. The Bertz CT molecular complexity index is 70.1. The Morgan fingerprint density at radius 3 is 1.86 bits per heavy atom. The minimum atomic E-state index is -0.343. The Balaban J connectivity index is 3.45. The second kappa shape index (κ2) is 3.34. The lowest BCUT2D eigenvalue weighted by Gasteiger charge is -1.88. The van der Waals surface area contributed by atoms with Crippen molar-refractivity contribution in [3.05, 3.63) is 11.6 Å². The number of hydrogen-bond acceptors (Lipinski definition) is 0. The average Bonchev–Trinajstić information content (AvgIpc) is 1.27. The summed E-state index contributed by atoms with van der Waals surface area (Å²) < 4.78 is 0. The molecule has 0 rings (SSSR count). The lowest BCUT2D eigenvalue weighted by molar-refractivity contribution is 1.34. The van der Waals surface area contributed by atoms with Crippen molar-refractivity contribution < 1.29 is 0 Å². The van der Waals surface area contributed by atoms with E-state index in [0.717, 1.165) is 5.57 Å². The van der Waals surface area contributed by atoms with Crippen molar-refractivity contribution in [3.8, 4) is 0 Å². The van der Waals surface area contributed by atoms with Crippen LogP contribution in [0.15, 0.2) is 11.6 Å². The van der Waals surface area contributed by atoms with Gasteiger partial charge in [0, 0.05) is 0 Å². The molecule has 0 atom stereocenters. The van der Waals surface area contributed by atoms with Crippen LogP contribution in [0.1, 0.15) is 13.8 Å². The molecule has 0 aromatic rings. The first-order chi connectivity index (χ1) is 3.13. The monoisotopic (exact) mass is 138 g/mol. The molecule has 0 saturated carbocycles. The van der Waals surface area contributed by atoms with Gasteiger partial charge in [0.15, 0.2) is 0 Å². The third-order valence-electron chi connectivity index (χ3n) is 0.459. The summed E-state index contributed by atoms with van der Waals surface area (Å²) in [5, 5.41) is 0.